The Labute approximate surface area is 97.9 Å². The molecule has 2 rings (SSSR count). The lowest BCUT2D eigenvalue weighted by atomic mass is 10.4. The van der Waals surface area contributed by atoms with Crippen molar-refractivity contribution in [2.24, 2.45) is 0 Å². The Bertz CT molecular complexity index is 367. The first-order chi connectivity index (χ1) is 7.66. The molecule has 0 aliphatic carbocycles. The minimum atomic E-state index is 0.00228. The normalized spacial score (nSPS) is 16.4. The first kappa shape index (κ1) is 11.2. The van der Waals surface area contributed by atoms with Gasteiger partial charge in [-0.25, -0.2) is 0 Å². The van der Waals surface area contributed by atoms with E-state index in [0.717, 1.165) is 0 Å². The summed E-state index contributed by atoms with van der Waals surface area (Å²) in [5.41, 5.74) is 5.49. The van der Waals surface area contributed by atoms with Gasteiger partial charge in [-0.2, -0.15) is 5.10 Å². The molecule has 0 unspecified atom stereocenters. The number of nitrogens with zero attached hydrogens (tertiary/aromatic N) is 3. The first-order valence-corrected chi connectivity index (χ1v) is 5.38. The number of anilines is 1. The highest BCUT2D eigenvalue weighted by Crippen LogP contribution is 2.15. The average Bonchev–Trinajstić information content (AvgIpc) is 2.59. The Morgan fingerprint density at radius 2 is 2.25 bits per heavy atom. The number of ether oxygens (including phenoxy) is 1. The zero-order chi connectivity index (χ0) is 11.5. The van der Waals surface area contributed by atoms with Gasteiger partial charge in [0.15, 0.2) is 5.82 Å². The maximum atomic E-state index is 11.8. The Kier molecular flexibility index (Phi) is 3.31. The second-order valence-electron chi connectivity index (χ2n) is 3.55. The molecule has 1 aliphatic rings. The van der Waals surface area contributed by atoms with Crippen molar-refractivity contribution in [3.05, 3.63) is 11.2 Å². The number of rotatable bonds is 2. The number of nitrogen functional groups attached to an aromatic ring is 1. The number of amides is 1. The number of carbonyl (C=O) groups is 1. The minimum absolute atomic E-state index is 0.00228. The third-order valence-corrected chi connectivity index (χ3v) is 2.70. The molecule has 6 nitrogen and oxygen atoms in total. The van der Waals surface area contributed by atoms with Crippen molar-refractivity contribution in [1.82, 2.24) is 14.7 Å². The molecule has 0 radical (unpaired) electrons. The standard InChI is InChI=1S/C9H13ClN4O2/c10-7-5-14(12-9(7)11)6-8(15)13-1-3-16-4-2-13/h5H,1-4,6H2,(H2,11,12). The molecule has 88 valence electrons. The summed E-state index contributed by atoms with van der Waals surface area (Å²) in [7, 11) is 0. The quantitative estimate of drug-likeness (QED) is 0.794. The van der Waals surface area contributed by atoms with Crippen molar-refractivity contribution in [1.29, 1.82) is 0 Å². The zero-order valence-corrected chi connectivity index (χ0v) is 9.48. The highest BCUT2D eigenvalue weighted by atomic mass is 35.5. The van der Waals surface area contributed by atoms with E-state index >= 15 is 0 Å². The van der Waals surface area contributed by atoms with Crippen LogP contribution in [0.1, 0.15) is 0 Å². The van der Waals surface area contributed by atoms with Crippen LogP contribution in [0.3, 0.4) is 0 Å². The first-order valence-electron chi connectivity index (χ1n) is 5.01. The minimum Gasteiger partial charge on any atom is -0.381 e. The number of nitrogens with two attached hydrogens (primary N) is 1. The van der Waals surface area contributed by atoms with E-state index < -0.39 is 0 Å². The van der Waals surface area contributed by atoms with Gasteiger partial charge in [0.1, 0.15) is 11.6 Å². The van der Waals surface area contributed by atoms with Gasteiger partial charge < -0.3 is 15.4 Å². The second kappa shape index (κ2) is 4.71. The number of aromatic nitrogens is 2. The number of carbonyl (C=O) groups excluding carboxylic acids is 1. The van der Waals surface area contributed by atoms with Crippen LogP contribution in [0.25, 0.3) is 0 Å². The van der Waals surface area contributed by atoms with Gasteiger partial charge >= 0.3 is 0 Å². The molecule has 0 bridgehead atoms. The van der Waals surface area contributed by atoms with Gasteiger partial charge in [-0.1, -0.05) is 11.6 Å². The summed E-state index contributed by atoms with van der Waals surface area (Å²) in [6.07, 6.45) is 1.55. The van der Waals surface area contributed by atoms with Crippen LogP contribution in [0, 0.1) is 0 Å². The summed E-state index contributed by atoms with van der Waals surface area (Å²) < 4.78 is 6.62. The number of morpholine rings is 1. The molecule has 0 atom stereocenters. The van der Waals surface area contributed by atoms with E-state index in [1.807, 2.05) is 0 Å². The highest BCUT2D eigenvalue weighted by Gasteiger charge is 2.17. The van der Waals surface area contributed by atoms with E-state index in [9.17, 15) is 4.79 Å². The Hall–Kier alpha value is -1.27. The molecule has 1 saturated heterocycles. The molecule has 1 amide bonds. The lowest BCUT2D eigenvalue weighted by Gasteiger charge is -2.26. The third-order valence-electron chi connectivity index (χ3n) is 2.40. The summed E-state index contributed by atoms with van der Waals surface area (Å²) in [5.74, 6) is 0.249. The van der Waals surface area contributed by atoms with Crippen LogP contribution in [-0.4, -0.2) is 46.9 Å². The van der Waals surface area contributed by atoms with Crippen LogP contribution in [0.5, 0.6) is 0 Å². The summed E-state index contributed by atoms with van der Waals surface area (Å²) in [4.78, 5) is 13.6. The molecule has 1 aromatic heterocycles. The van der Waals surface area contributed by atoms with E-state index in [4.69, 9.17) is 22.1 Å². The van der Waals surface area contributed by atoms with Crippen LogP contribution in [0.15, 0.2) is 6.20 Å². The van der Waals surface area contributed by atoms with E-state index in [0.29, 0.717) is 31.3 Å². The van der Waals surface area contributed by atoms with Gasteiger partial charge in [0.05, 0.1) is 13.2 Å². The van der Waals surface area contributed by atoms with Crippen molar-refractivity contribution >= 4 is 23.3 Å². The summed E-state index contributed by atoms with van der Waals surface area (Å²) in [6, 6.07) is 0. The molecule has 0 aromatic carbocycles. The van der Waals surface area contributed by atoms with Gasteiger partial charge in [-0.15, -0.1) is 0 Å². The van der Waals surface area contributed by atoms with Crippen LogP contribution >= 0.6 is 11.6 Å². The van der Waals surface area contributed by atoms with Crippen LogP contribution in [0.2, 0.25) is 5.02 Å². The predicted molar refractivity (Wildman–Crippen MR) is 59.0 cm³/mol. The molecule has 2 N–H and O–H groups in total. The smallest absolute Gasteiger partial charge is 0.244 e. The molecule has 2 heterocycles. The van der Waals surface area contributed by atoms with Crippen molar-refractivity contribution in [3.63, 3.8) is 0 Å². The van der Waals surface area contributed by atoms with Crippen LogP contribution in [-0.2, 0) is 16.1 Å². The Balaban J connectivity index is 1.95. The lowest BCUT2D eigenvalue weighted by molar-refractivity contribution is -0.136. The van der Waals surface area contributed by atoms with Gasteiger partial charge in [-0.05, 0) is 0 Å². The second-order valence-corrected chi connectivity index (χ2v) is 3.96. The molecule has 0 spiro atoms. The monoisotopic (exact) mass is 244 g/mol. The topological polar surface area (TPSA) is 73.4 Å². The molecule has 1 aliphatic heterocycles. The van der Waals surface area contributed by atoms with Gasteiger partial charge in [-0.3, -0.25) is 9.48 Å². The summed E-state index contributed by atoms with van der Waals surface area (Å²) >= 11 is 5.75. The fourth-order valence-electron chi connectivity index (χ4n) is 1.54. The van der Waals surface area contributed by atoms with Crippen molar-refractivity contribution in [2.45, 2.75) is 6.54 Å². The van der Waals surface area contributed by atoms with E-state index in [2.05, 4.69) is 5.10 Å². The van der Waals surface area contributed by atoms with E-state index in [1.165, 1.54) is 4.68 Å². The third kappa shape index (κ3) is 2.45. The molecule has 1 aromatic rings. The molecule has 0 saturated carbocycles. The summed E-state index contributed by atoms with van der Waals surface area (Å²) in [6.45, 7) is 2.60. The van der Waals surface area contributed by atoms with E-state index in [-0.39, 0.29) is 18.3 Å². The van der Waals surface area contributed by atoms with Crippen LogP contribution in [0.4, 0.5) is 5.82 Å². The molecule has 1 fully saturated rings. The van der Waals surface area contributed by atoms with Gasteiger partial charge in [0.2, 0.25) is 5.91 Å². The van der Waals surface area contributed by atoms with Crippen molar-refractivity contribution < 1.29 is 9.53 Å². The number of hydrogen-bond donors (Lipinski definition) is 1. The fraction of sp³-hybridized carbons (Fsp3) is 0.556. The SMILES string of the molecule is Nc1nn(CC(=O)N2CCOCC2)cc1Cl. The van der Waals surface area contributed by atoms with E-state index in [1.54, 1.807) is 11.1 Å². The maximum Gasteiger partial charge on any atom is 0.244 e. The summed E-state index contributed by atoms with van der Waals surface area (Å²) in [5, 5.41) is 4.30. The van der Waals surface area contributed by atoms with Crippen LogP contribution < -0.4 is 5.73 Å². The average molecular weight is 245 g/mol. The zero-order valence-electron chi connectivity index (χ0n) is 8.73. The Morgan fingerprint density at radius 1 is 1.56 bits per heavy atom. The lowest BCUT2D eigenvalue weighted by Crippen LogP contribution is -2.42. The van der Waals surface area contributed by atoms with Gasteiger partial charge in [0.25, 0.3) is 0 Å². The molecule has 7 heteroatoms. The van der Waals surface area contributed by atoms with Crippen molar-refractivity contribution in [3.8, 4) is 0 Å². The number of halogens is 1. The predicted octanol–water partition coefficient (Wildman–Crippen LogP) is -0.0225. The molecular weight excluding hydrogens is 232 g/mol. The largest absolute Gasteiger partial charge is 0.381 e. The highest BCUT2D eigenvalue weighted by molar-refractivity contribution is 6.32. The number of hydrogen-bond acceptors (Lipinski definition) is 4. The Morgan fingerprint density at radius 3 is 2.81 bits per heavy atom. The fourth-order valence-corrected chi connectivity index (χ4v) is 1.69. The van der Waals surface area contributed by atoms with Crippen molar-refractivity contribution in [2.75, 3.05) is 32.0 Å². The molecular formula is C9H13ClN4O2. The maximum absolute atomic E-state index is 11.8. The molecule has 16 heavy (non-hydrogen) atoms. The van der Waals surface area contributed by atoms with Gasteiger partial charge in [0, 0.05) is 19.3 Å².